The first-order chi connectivity index (χ1) is 6.06. The summed E-state index contributed by atoms with van der Waals surface area (Å²) in [7, 11) is 0. The number of pyridine rings is 1. The topological polar surface area (TPSA) is 38.9 Å². The van der Waals surface area contributed by atoms with Gasteiger partial charge in [0, 0.05) is 6.54 Å². The maximum atomic E-state index is 12.3. The number of alkyl halides is 2. The van der Waals surface area contributed by atoms with E-state index in [9.17, 15) is 8.78 Å². The fourth-order valence-electron chi connectivity index (χ4n) is 0.973. The Morgan fingerprint density at radius 3 is 2.69 bits per heavy atom. The molecule has 0 atom stereocenters. The average Bonchev–Trinajstić information content (AvgIpc) is 2.09. The van der Waals surface area contributed by atoms with Crippen molar-refractivity contribution in [1.82, 2.24) is 4.98 Å². The Kier molecular flexibility index (Phi) is 3.33. The fourth-order valence-corrected chi connectivity index (χ4v) is 1.43. The van der Waals surface area contributed by atoms with Crippen LogP contribution in [0.15, 0.2) is 10.7 Å². The van der Waals surface area contributed by atoms with E-state index in [1.165, 1.54) is 6.07 Å². The van der Waals surface area contributed by atoms with Crippen LogP contribution < -0.4 is 5.73 Å². The highest BCUT2D eigenvalue weighted by Gasteiger charge is 2.12. The van der Waals surface area contributed by atoms with E-state index in [-0.39, 0.29) is 12.2 Å². The first-order valence-electron chi connectivity index (χ1n) is 3.70. The van der Waals surface area contributed by atoms with Crippen LogP contribution in [0.3, 0.4) is 0 Å². The fraction of sp³-hybridized carbons (Fsp3) is 0.375. The standard InChI is InChI=1S/C8H9BrF2N2/c1-4-5(3-12)2-6(8(10)11)13-7(4)9/h2,8H,3,12H2,1H3. The zero-order chi connectivity index (χ0) is 10.0. The van der Waals surface area contributed by atoms with E-state index in [0.29, 0.717) is 10.2 Å². The molecule has 0 aromatic carbocycles. The molecule has 72 valence electrons. The van der Waals surface area contributed by atoms with Gasteiger partial charge in [0.15, 0.2) is 0 Å². The molecule has 0 amide bonds. The molecule has 0 radical (unpaired) electrons. The molecule has 0 unspecified atom stereocenters. The van der Waals surface area contributed by atoms with Crippen molar-refractivity contribution < 1.29 is 8.78 Å². The summed E-state index contributed by atoms with van der Waals surface area (Å²) in [6.45, 7) is 2.03. The monoisotopic (exact) mass is 250 g/mol. The molecule has 13 heavy (non-hydrogen) atoms. The van der Waals surface area contributed by atoms with E-state index in [2.05, 4.69) is 20.9 Å². The predicted molar refractivity (Wildman–Crippen MR) is 49.5 cm³/mol. The van der Waals surface area contributed by atoms with E-state index in [4.69, 9.17) is 5.73 Å². The zero-order valence-electron chi connectivity index (χ0n) is 7.02. The summed E-state index contributed by atoms with van der Waals surface area (Å²) in [5, 5.41) is 0. The molecule has 1 rings (SSSR count). The Labute approximate surface area is 83.3 Å². The van der Waals surface area contributed by atoms with Crippen molar-refractivity contribution >= 4 is 15.9 Å². The molecule has 1 aromatic heterocycles. The lowest BCUT2D eigenvalue weighted by Gasteiger charge is -2.07. The second-order valence-electron chi connectivity index (χ2n) is 2.63. The van der Waals surface area contributed by atoms with Crippen LogP contribution in [0.2, 0.25) is 0 Å². The molecule has 0 saturated carbocycles. The van der Waals surface area contributed by atoms with Gasteiger partial charge in [0.05, 0.1) is 0 Å². The van der Waals surface area contributed by atoms with Crippen molar-refractivity contribution in [3.8, 4) is 0 Å². The Morgan fingerprint density at radius 2 is 2.23 bits per heavy atom. The average molecular weight is 251 g/mol. The summed E-state index contributed by atoms with van der Waals surface area (Å²) in [4.78, 5) is 3.69. The third kappa shape index (κ3) is 2.22. The van der Waals surface area contributed by atoms with Gasteiger partial charge in [-0.15, -0.1) is 0 Å². The summed E-state index contributed by atoms with van der Waals surface area (Å²) in [5.74, 6) is 0. The first kappa shape index (κ1) is 10.5. The van der Waals surface area contributed by atoms with Crippen LogP contribution in [0.5, 0.6) is 0 Å². The molecule has 0 aliphatic rings. The van der Waals surface area contributed by atoms with Crippen molar-refractivity contribution in [3.05, 3.63) is 27.5 Å². The van der Waals surface area contributed by atoms with Crippen molar-refractivity contribution in [2.24, 2.45) is 5.73 Å². The predicted octanol–water partition coefficient (Wildman–Crippen LogP) is 2.55. The molecule has 1 aromatic rings. The molecule has 5 heteroatoms. The number of hydrogen-bond acceptors (Lipinski definition) is 2. The van der Waals surface area contributed by atoms with Crippen LogP contribution in [-0.2, 0) is 6.54 Å². The lowest BCUT2D eigenvalue weighted by Crippen LogP contribution is -2.03. The highest BCUT2D eigenvalue weighted by atomic mass is 79.9. The Morgan fingerprint density at radius 1 is 1.62 bits per heavy atom. The molecule has 0 fully saturated rings. The van der Waals surface area contributed by atoms with E-state index in [1.807, 2.05) is 0 Å². The van der Waals surface area contributed by atoms with Crippen molar-refractivity contribution in [2.45, 2.75) is 19.9 Å². The van der Waals surface area contributed by atoms with Crippen molar-refractivity contribution in [1.29, 1.82) is 0 Å². The van der Waals surface area contributed by atoms with Crippen molar-refractivity contribution in [3.63, 3.8) is 0 Å². The van der Waals surface area contributed by atoms with Gasteiger partial charge in [-0.3, -0.25) is 0 Å². The molecule has 2 N–H and O–H groups in total. The molecule has 1 heterocycles. The number of nitrogens with two attached hydrogens (primary N) is 1. The summed E-state index contributed by atoms with van der Waals surface area (Å²) >= 11 is 3.11. The van der Waals surface area contributed by atoms with Crippen LogP contribution >= 0.6 is 15.9 Å². The lowest BCUT2D eigenvalue weighted by atomic mass is 10.1. The number of halogens is 3. The third-order valence-corrected chi connectivity index (χ3v) is 2.56. The maximum absolute atomic E-state index is 12.3. The molecule has 0 aliphatic heterocycles. The van der Waals surface area contributed by atoms with E-state index in [0.717, 1.165) is 5.56 Å². The molecule has 0 aliphatic carbocycles. The minimum absolute atomic E-state index is 0.238. The number of rotatable bonds is 2. The minimum Gasteiger partial charge on any atom is -0.326 e. The quantitative estimate of drug-likeness (QED) is 0.820. The van der Waals surface area contributed by atoms with Crippen LogP contribution in [0.4, 0.5) is 8.78 Å². The van der Waals surface area contributed by atoms with Gasteiger partial charge in [-0.25, -0.2) is 13.8 Å². The van der Waals surface area contributed by atoms with E-state index in [1.54, 1.807) is 6.92 Å². The van der Waals surface area contributed by atoms with Gasteiger partial charge in [-0.05, 0) is 40.0 Å². The molecule has 0 spiro atoms. The van der Waals surface area contributed by atoms with Crippen LogP contribution in [0, 0.1) is 6.92 Å². The zero-order valence-corrected chi connectivity index (χ0v) is 8.61. The second kappa shape index (κ2) is 4.11. The highest BCUT2D eigenvalue weighted by molar-refractivity contribution is 9.10. The Balaban J connectivity index is 3.22. The van der Waals surface area contributed by atoms with E-state index >= 15 is 0 Å². The third-order valence-electron chi connectivity index (χ3n) is 1.78. The maximum Gasteiger partial charge on any atom is 0.280 e. The molecular weight excluding hydrogens is 242 g/mol. The second-order valence-corrected chi connectivity index (χ2v) is 3.38. The van der Waals surface area contributed by atoms with Gasteiger partial charge in [-0.2, -0.15) is 0 Å². The highest BCUT2D eigenvalue weighted by Crippen LogP contribution is 2.24. The van der Waals surface area contributed by atoms with Crippen molar-refractivity contribution in [2.75, 3.05) is 0 Å². The summed E-state index contributed by atoms with van der Waals surface area (Å²) < 4.78 is 25.0. The number of hydrogen-bond donors (Lipinski definition) is 1. The smallest absolute Gasteiger partial charge is 0.280 e. The van der Waals surface area contributed by atoms with Gasteiger partial charge in [0.1, 0.15) is 10.3 Å². The lowest BCUT2D eigenvalue weighted by molar-refractivity contribution is 0.145. The largest absolute Gasteiger partial charge is 0.326 e. The van der Waals surface area contributed by atoms with Crippen LogP contribution in [0.25, 0.3) is 0 Å². The number of nitrogens with zero attached hydrogens (tertiary/aromatic N) is 1. The van der Waals surface area contributed by atoms with Gasteiger partial charge < -0.3 is 5.73 Å². The SMILES string of the molecule is Cc1c(CN)cc(C(F)F)nc1Br. The van der Waals surface area contributed by atoms with Gasteiger partial charge in [0.25, 0.3) is 6.43 Å². The Bertz CT molecular complexity index is 315. The molecule has 2 nitrogen and oxygen atoms in total. The van der Waals surface area contributed by atoms with Gasteiger partial charge >= 0.3 is 0 Å². The number of aromatic nitrogens is 1. The van der Waals surface area contributed by atoms with Crippen LogP contribution in [-0.4, -0.2) is 4.98 Å². The summed E-state index contributed by atoms with van der Waals surface area (Å²) in [6, 6.07) is 1.34. The van der Waals surface area contributed by atoms with Gasteiger partial charge in [-0.1, -0.05) is 0 Å². The molecule has 0 saturated heterocycles. The summed E-state index contributed by atoms with van der Waals surface area (Å²) in [5.41, 5.74) is 6.66. The molecule has 0 bridgehead atoms. The first-order valence-corrected chi connectivity index (χ1v) is 4.49. The minimum atomic E-state index is -2.55. The van der Waals surface area contributed by atoms with Crippen LogP contribution in [0.1, 0.15) is 23.2 Å². The normalized spacial score (nSPS) is 10.9. The summed E-state index contributed by atoms with van der Waals surface area (Å²) in [6.07, 6.45) is -2.55. The molecular formula is C8H9BrF2N2. The van der Waals surface area contributed by atoms with E-state index < -0.39 is 6.43 Å². The Hall–Kier alpha value is -0.550. The van der Waals surface area contributed by atoms with Gasteiger partial charge in [0.2, 0.25) is 0 Å².